The van der Waals surface area contributed by atoms with Gasteiger partial charge in [0.05, 0.1) is 0 Å². The molecule has 2 heterocycles. The summed E-state index contributed by atoms with van der Waals surface area (Å²) in [6.45, 7) is 4.01. The fourth-order valence-electron chi connectivity index (χ4n) is 2.31. The Labute approximate surface area is 144 Å². The Kier molecular flexibility index (Phi) is 5.15. The van der Waals surface area contributed by atoms with Gasteiger partial charge in [-0.3, -0.25) is 4.79 Å². The molecule has 124 valence electrons. The van der Waals surface area contributed by atoms with E-state index in [-0.39, 0.29) is 11.9 Å². The second-order valence-corrected chi connectivity index (χ2v) is 6.45. The number of carbonyl (C=O) groups excluding carboxylic acids is 1. The van der Waals surface area contributed by atoms with Gasteiger partial charge in [0, 0.05) is 35.1 Å². The normalized spacial score (nSPS) is 12.2. The minimum Gasteiger partial charge on any atom is -0.451 e. The maximum atomic E-state index is 12.6. The van der Waals surface area contributed by atoms with Gasteiger partial charge < -0.3 is 9.73 Å². The third-order valence-electron chi connectivity index (χ3n) is 3.78. The van der Waals surface area contributed by atoms with Crippen LogP contribution in [0, 0.1) is 0 Å². The second kappa shape index (κ2) is 7.49. The van der Waals surface area contributed by atoms with E-state index in [9.17, 15) is 4.79 Å². The Morgan fingerprint density at radius 3 is 2.75 bits per heavy atom. The van der Waals surface area contributed by atoms with E-state index >= 15 is 0 Å². The van der Waals surface area contributed by atoms with Crippen molar-refractivity contribution < 1.29 is 9.21 Å². The molecule has 0 aliphatic carbocycles. The number of hydrogen-bond donors (Lipinski definition) is 1. The van der Waals surface area contributed by atoms with Crippen molar-refractivity contribution in [3.63, 3.8) is 0 Å². The average Bonchev–Trinajstić information content (AvgIpc) is 2.99. The Morgan fingerprint density at radius 2 is 2.00 bits per heavy atom. The molecule has 24 heavy (non-hydrogen) atoms. The lowest BCUT2D eigenvalue weighted by Gasteiger charge is -2.10. The number of para-hydroxylation sites is 1. The van der Waals surface area contributed by atoms with E-state index in [1.807, 2.05) is 38.1 Å². The van der Waals surface area contributed by atoms with Crippen LogP contribution in [0.3, 0.4) is 0 Å². The van der Waals surface area contributed by atoms with E-state index in [0.717, 1.165) is 23.0 Å². The highest BCUT2D eigenvalue weighted by Crippen LogP contribution is 2.31. The van der Waals surface area contributed by atoms with Gasteiger partial charge >= 0.3 is 0 Å². The van der Waals surface area contributed by atoms with Gasteiger partial charge in [0.25, 0.3) is 5.91 Å². The van der Waals surface area contributed by atoms with Gasteiger partial charge in [0.15, 0.2) is 10.9 Å². The summed E-state index contributed by atoms with van der Waals surface area (Å²) in [5, 5.41) is 4.60. The molecule has 1 N–H and O–H groups in total. The zero-order chi connectivity index (χ0) is 16.9. The first-order valence-corrected chi connectivity index (χ1v) is 8.88. The summed E-state index contributed by atoms with van der Waals surface area (Å²) >= 11 is 1.49. The minimum atomic E-state index is -0.176. The van der Waals surface area contributed by atoms with E-state index in [1.165, 1.54) is 11.8 Å². The van der Waals surface area contributed by atoms with Gasteiger partial charge in [0.2, 0.25) is 0 Å². The summed E-state index contributed by atoms with van der Waals surface area (Å²) in [5.41, 5.74) is 1.60. The van der Waals surface area contributed by atoms with Crippen molar-refractivity contribution >= 4 is 28.6 Å². The van der Waals surface area contributed by atoms with Gasteiger partial charge in [-0.15, -0.1) is 0 Å². The molecule has 2 aromatic heterocycles. The summed E-state index contributed by atoms with van der Waals surface area (Å²) < 4.78 is 5.83. The third-order valence-corrected chi connectivity index (χ3v) is 4.68. The van der Waals surface area contributed by atoms with E-state index in [2.05, 4.69) is 15.3 Å². The molecule has 0 aliphatic rings. The first-order valence-electron chi connectivity index (χ1n) is 7.90. The first kappa shape index (κ1) is 16.5. The van der Waals surface area contributed by atoms with Crippen molar-refractivity contribution in [1.82, 2.24) is 15.3 Å². The quantitative estimate of drug-likeness (QED) is 0.541. The summed E-state index contributed by atoms with van der Waals surface area (Å²) in [6.07, 6.45) is 4.28. The molecule has 3 aromatic rings. The molecule has 0 saturated carbocycles. The number of carbonyl (C=O) groups is 1. The van der Waals surface area contributed by atoms with Gasteiger partial charge in [0.1, 0.15) is 5.58 Å². The number of rotatable bonds is 6. The van der Waals surface area contributed by atoms with Crippen LogP contribution < -0.4 is 5.32 Å². The fraction of sp³-hybridized carbons (Fsp3) is 0.278. The van der Waals surface area contributed by atoms with E-state index in [0.29, 0.717) is 16.7 Å². The molecule has 1 amide bonds. The number of fused-ring (bicyclic) bond motifs is 1. The van der Waals surface area contributed by atoms with Crippen molar-refractivity contribution in [2.24, 2.45) is 0 Å². The molecule has 0 bridgehead atoms. The molecule has 0 radical (unpaired) electrons. The topological polar surface area (TPSA) is 68.0 Å². The van der Waals surface area contributed by atoms with Crippen LogP contribution in [0.25, 0.3) is 11.0 Å². The average molecular weight is 341 g/mol. The van der Waals surface area contributed by atoms with Crippen LogP contribution >= 0.6 is 11.8 Å². The Hall–Kier alpha value is -2.34. The summed E-state index contributed by atoms with van der Waals surface area (Å²) in [5.74, 6) is 0.773. The lowest BCUT2D eigenvalue weighted by molar-refractivity contribution is 0.0912. The molecule has 0 fully saturated rings. The number of hydrogen-bond acceptors (Lipinski definition) is 5. The van der Waals surface area contributed by atoms with Crippen LogP contribution in [0.5, 0.6) is 0 Å². The van der Waals surface area contributed by atoms with Crippen molar-refractivity contribution in [2.45, 2.75) is 37.2 Å². The second-order valence-electron chi connectivity index (χ2n) is 5.51. The molecule has 0 spiro atoms. The number of furan rings is 1. The maximum absolute atomic E-state index is 12.6. The predicted molar refractivity (Wildman–Crippen MR) is 95.0 cm³/mol. The molecule has 3 rings (SSSR count). The molecule has 6 heteroatoms. The molecular formula is C18H19N3O2S. The molecule has 0 saturated heterocycles. The van der Waals surface area contributed by atoms with Crippen LogP contribution in [0.15, 0.2) is 52.3 Å². The van der Waals surface area contributed by atoms with Crippen molar-refractivity contribution in [2.75, 3.05) is 0 Å². The van der Waals surface area contributed by atoms with Crippen LogP contribution in [0.1, 0.15) is 36.4 Å². The van der Waals surface area contributed by atoms with Crippen molar-refractivity contribution in [1.29, 1.82) is 0 Å². The highest BCUT2D eigenvalue weighted by molar-refractivity contribution is 7.98. The van der Waals surface area contributed by atoms with E-state index in [1.54, 1.807) is 18.5 Å². The summed E-state index contributed by atoms with van der Waals surface area (Å²) in [6, 6.07) is 9.58. The summed E-state index contributed by atoms with van der Waals surface area (Å²) in [7, 11) is 0. The highest BCUT2D eigenvalue weighted by Gasteiger charge is 2.21. The molecular weight excluding hydrogens is 322 g/mol. The van der Waals surface area contributed by atoms with E-state index in [4.69, 9.17) is 4.42 Å². The number of amides is 1. The van der Waals surface area contributed by atoms with Gasteiger partial charge in [-0.25, -0.2) is 9.97 Å². The van der Waals surface area contributed by atoms with Crippen LogP contribution in [-0.2, 0) is 5.75 Å². The number of thioether (sulfide) groups is 1. The monoisotopic (exact) mass is 341 g/mol. The summed E-state index contributed by atoms with van der Waals surface area (Å²) in [4.78, 5) is 21.0. The Balaban J connectivity index is 1.91. The van der Waals surface area contributed by atoms with Crippen molar-refractivity contribution in [3.05, 3.63) is 54.0 Å². The molecule has 0 aliphatic heterocycles. The van der Waals surface area contributed by atoms with Gasteiger partial charge in [-0.1, -0.05) is 36.9 Å². The molecule has 1 unspecified atom stereocenters. The Morgan fingerprint density at radius 1 is 1.25 bits per heavy atom. The molecule has 1 aromatic carbocycles. The number of nitrogens with zero attached hydrogens (tertiary/aromatic N) is 2. The number of aromatic nitrogens is 2. The highest BCUT2D eigenvalue weighted by atomic mass is 32.2. The fourth-order valence-corrected chi connectivity index (χ4v) is 3.14. The minimum absolute atomic E-state index is 0.101. The largest absolute Gasteiger partial charge is 0.451 e. The Bertz CT molecular complexity index is 833. The zero-order valence-electron chi connectivity index (χ0n) is 13.7. The molecule has 5 nitrogen and oxygen atoms in total. The smallest absolute Gasteiger partial charge is 0.287 e. The zero-order valence-corrected chi connectivity index (χ0v) is 14.5. The van der Waals surface area contributed by atoms with Gasteiger partial charge in [-0.2, -0.15) is 0 Å². The van der Waals surface area contributed by atoms with Gasteiger partial charge in [-0.05, 0) is 25.5 Å². The van der Waals surface area contributed by atoms with Crippen molar-refractivity contribution in [3.8, 4) is 0 Å². The van der Waals surface area contributed by atoms with Crippen LogP contribution in [0.4, 0.5) is 0 Å². The SMILES string of the molecule is CCC(C)NC(=O)c1oc2ccccc2c1CSc1ncccn1. The maximum Gasteiger partial charge on any atom is 0.287 e. The predicted octanol–water partition coefficient (Wildman–Crippen LogP) is 4.04. The third kappa shape index (κ3) is 3.59. The van der Waals surface area contributed by atoms with Crippen LogP contribution in [-0.4, -0.2) is 21.9 Å². The first-order chi connectivity index (χ1) is 11.7. The molecule has 1 atom stereocenters. The standard InChI is InChI=1S/C18H19N3O2S/c1-3-12(2)21-17(22)16-14(11-24-18-19-9-6-10-20-18)13-7-4-5-8-15(13)23-16/h4-10,12H,3,11H2,1-2H3,(H,21,22). The number of nitrogens with one attached hydrogen (secondary N) is 1. The lowest BCUT2D eigenvalue weighted by Crippen LogP contribution is -2.32. The van der Waals surface area contributed by atoms with E-state index < -0.39 is 0 Å². The van der Waals surface area contributed by atoms with Crippen LogP contribution in [0.2, 0.25) is 0 Å². The number of benzene rings is 1. The lowest BCUT2D eigenvalue weighted by atomic mass is 10.1.